The molecule has 5 heteroatoms. The van der Waals surface area contributed by atoms with E-state index < -0.39 is 5.54 Å². The molecule has 0 aromatic carbocycles. The molecule has 0 spiro atoms. The number of carbonyl (C=O) groups is 1. The number of likely N-dealkylation sites (N-methyl/N-ethyl adjacent to an activating group) is 1. The van der Waals surface area contributed by atoms with Crippen LogP contribution in [-0.2, 0) is 9.53 Å². The number of carbonyl (C=O) groups excluding carboxylic acids is 1. The van der Waals surface area contributed by atoms with Gasteiger partial charge in [-0.3, -0.25) is 10.1 Å². The van der Waals surface area contributed by atoms with Crippen molar-refractivity contribution in [3.63, 3.8) is 0 Å². The minimum Gasteiger partial charge on any atom is -0.468 e. The lowest BCUT2D eigenvalue weighted by atomic mass is 9.94. The molecular weight excluding hydrogens is 266 g/mol. The van der Waals surface area contributed by atoms with Gasteiger partial charge in [-0.2, -0.15) is 0 Å². The number of hydrogen-bond donors (Lipinski definition) is 1. The summed E-state index contributed by atoms with van der Waals surface area (Å²) in [7, 11) is 3.65. The van der Waals surface area contributed by atoms with Crippen molar-refractivity contribution in [3.05, 3.63) is 0 Å². The Morgan fingerprint density at radius 1 is 1.29 bits per heavy atom. The Balaban J connectivity index is 2.44. The molecule has 1 unspecified atom stereocenters. The van der Waals surface area contributed by atoms with Gasteiger partial charge in [0, 0.05) is 19.1 Å². The van der Waals surface area contributed by atoms with Crippen LogP contribution < -0.4 is 5.32 Å². The second kappa shape index (κ2) is 8.71. The maximum absolute atomic E-state index is 12.0. The maximum Gasteiger partial charge on any atom is 0.325 e. The fourth-order valence-corrected chi connectivity index (χ4v) is 3.08. The monoisotopic (exact) mass is 299 g/mol. The number of nitrogens with one attached hydrogen (secondary N) is 1. The molecule has 1 N–H and O–H groups in total. The van der Waals surface area contributed by atoms with E-state index in [1.54, 1.807) is 0 Å². The van der Waals surface area contributed by atoms with E-state index in [9.17, 15) is 4.79 Å². The first kappa shape index (κ1) is 18.4. The van der Waals surface area contributed by atoms with Crippen molar-refractivity contribution < 1.29 is 9.53 Å². The summed E-state index contributed by atoms with van der Waals surface area (Å²) in [5.41, 5.74) is -0.578. The van der Waals surface area contributed by atoms with Crippen LogP contribution >= 0.6 is 0 Å². The van der Waals surface area contributed by atoms with Crippen LogP contribution in [0.15, 0.2) is 0 Å². The minimum atomic E-state index is -0.578. The quantitative estimate of drug-likeness (QED) is 0.719. The van der Waals surface area contributed by atoms with Crippen molar-refractivity contribution in [2.75, 3.05) is 46.9 Å². The van der Waals surface area contributed by atoms with Crippen molar-refractivity contribution in [2.45, 2.75) is 51.6 Å². The summed E-state index contributed by atoms with van der Waals surface area (Å²) >= 11 is 0. The van der Waals surface area contributed by atoms with Gasteiger partial charge in [-0.05, 0) is 66.7 Å². The van der Waals surface area contributed by atoms with E-state index >= 15 is 0 Å². The van der Waals surface area contributed by atoms with E-state index in [2.05, 4.69) is 36.0 Å². The molecule has 1 saturated heterocycles. The molecule has 1 rings (SSSR count). The third kappa shape index (κ3) is 6.32. The van der Waals surface area contributed by atoms with E-state index in [0.717, 1.165) is 39.0 Å². The van der Waals surface area contributed by atoms with E-state index in [1.165, 1.54) is 20.1 Å². The van der Waals surface area contributed by atoms with Crippen LogP contribution in [0.3, 0.4) is 0 Å². The summed E-state index contributed by atoms with van der Waals surface area (Å²) in [6.07, 6.45) is 3.05. The Morgan fingerprint density at radius 3 is 2.62 bits per heavy atom. The van der Waals surface area contributed by atoms with Crippen molar-refractivity contribution in [2.24, 2.45) is 0 Å². The average molecular weight is 299 g/mol. The van der Waals surface area contributed by atoms with Gasteiger partial charge in [0.05, 0.1) is 7.11 Å². The van der Waals surface area contributed by atoms with E-state index in [4.69, 9.17) is 4.74 Å². The molecule has 21 heavy (non-hydrogen) atoms. The smallest absolute Gasteiger partial charge is 0.325 e. The normalized spacial score (nSPS) is 21.0. The van der Waals surface area contributed by atoms with Gasteiger partial charge in [0.1, 0.15) is 5.54 Å². The Hall–Kier alpha value is -0.650. The molecule has 0 aliphatic carbocycles. The number of hydrogen-bond acceptors (Lipinski definition) is 5. The van der Waals surface area contributed by atoms with Gasteiger partial charge < -0.3 is 14.5 Å². The van der Waals surface area contributed by atoms with Crippen molar-refractivity contribution >= 4 is 5.97 Å². The molecule has 1 heterocycles. The Kier molecular flexibility index (Phi) is 7.63. The highest BCUT2D eigenvalue weighted by atomic mass is 16.5. The molecule has 124 valence electrons. The van der Waals surface area contributed by atoms with Gasteiger partial charge in [-0.25, -0.2) is 0 Å². The molecule has 0 radical (unpaired) electrons. The standard InChI is InChI=1S/C16H33N3O2/c1-14(2)17-16(3,15(20)21-5)8-6-10-19-11-7-9-18(4)12-13-19/h14,17H,6-13H2,1-5H3. The molecular formula is C16H33N3O2. The third-order valence-corrected chi connectivity index (χ3v) is 4.21. The predicted octanol–water partition coefficient (Wildman–Crippen LogP) is 1.33. The molecule has 1 aliphatic heterocycles. The van der Waals surface area contributed by atoms with Gasteiger partial charge in [-0.15, -0.1) is 0 Å². The van der Waals surface area contributed by atoms with Crippen molar-refractivity contribution in [1.29, 1.82) is 0 Å². The van der Waals surface area contributed by atoms with Gasteiger partial charge in [0.15, 0.2) is 0 Å². The van der Waals surface area contributed by atoms with Crippen molar-refractivity contribution in [1.82, 2.24) is 15.1 Å². The van der Waals surface area contributed by atoms with Gasteiger partial charge in [0.25, 0.3) is 0 Å². The van der Waals surface area contributed by atoms with Crippen molar-refractivity contribution in [3.8, 4) is 0 Å². The highest BCUT2D eigenvalue weighted by molar-refractivity contribution is 5.80. The average Bonchev–Trinajstić information content (AvgIpc) is 2.62. The van der Waals surface area contributed by atoms with Crippen LogP contribution in [0.25, 0.3) is 0 Å². The summed E-state index contributed by atoms with van der Waals surface area (Å²) in [6.45, 7) is 11.7. The number of rotatable bonds is 7. The first-order valence-corrected chi connectivity index (χ1v) is 8.14. The molecule has 1 aliphatic rings. The first-order valence-electron chi connectivity index (χ1n) is 8.14. The van der Waals surface area contributed by atoms with Gasteiger partial charge in [0.2, 0.25) is 0 Å². The van der Waals surface area contributed by atoms with Gasteiger partial charge >= 0.3 is 5.97 Å². The fourth-order valence-electron chi connectivity index (χ4n) is 3.08. The number of methoxy groups -OCH3 is 1. The molecule has 0 saturated carbocycles. The van der Waals surface area contributed by atoms with Crippen LogP contribution in [0.5, 0.6) is 0 Å². The largest absolute Gasteiger partial charge is 0.468 e. The highest BCUT2D eigenvalue weighted by Crippen LogP contribution is 2.16. The molecule has 0 aromatic rings. The summed E-state index contributed by atoms with van der Waals surface area (Å²) in [6, 6.07) is 0.265. The van der Waals surface area contributed by atoms with E-state index in [1.807, 2.05) is 6.92 Å². The first-order chi connectivity index (χ1) is 9.87. The Labute approximate surface area is 130 Å². The van der Waals surface area contributed by atoms with Gasteiger partial charge in [-0.1, -0.05) is 0 Å². The number of esters is 1. The summed E-state index contributed by atoms with van der Waals surface area (Å²) in [5.74, 6) is -0.160. The Morgan fingerprint density at radius 2 is 2.00 bits per heavy atom. The summed E-state index contributed by atoms with van der Waals surface area (Å²) in [4.78, 5) is 16.9. The van der Waals surface area contributed by atoms with Crippen LogP contribution in [0.1, 0.15) is 40.0 Å². The molecule has 0 amide bonds. The lowest BCUT2D eigenvalue weighted by molar-refractivity contribution is -0.148. The lowest BCUT2D eigenvalue weighted by Crippen LogP contribution is -2.53. The predicted molar refractivity (Wildman–Crippen MR) is 86.5 cm³/mol. The zero-order chi connectivity index (χ0) is 15.9. The topological polar surface area (TPSA) is 44.8 Å². The third-order valence-electron chi connectivity index (χ3n) is 4.21. The van der Waals surface area contributed by atoms with Crippen LogP contribution in [0.2, 0.25) is 0 Å². The molecule has 5 nitrogen and oxygen atoms in total. The van der Waals surface area contributed by atoms with Crippen LogP contribution in [0, 0.1) is 0 Å². The molecule has 1 fully saturated rings. The van der Waals surface area contributed by atoms with Crippen LogP contribution in [-0.4, -0.2) is 74.2 Å². The minimum absolute atomic E-state index is 0.160. The van der Waals surface area contributed by atoms with Crippen LogP contribution in [0.4, 0.5) is 0 Å². The zero-order valence-electron chi connectivity index (χ0n) is 14.4. The molecule has 0 bridgehead atoms. The second-order valence-corrected chi connectivity index (χ2v) is 6.72. The molecule has 0 aromatic heterocycles. The SMILES string of the molecule is COC(=O)C(C)(CCCN1CCCN(C)CC1)NC(C)C. The second-order valence-electron chi connectivity index (χ2n) is 6.72. The van der Waals surface area contributed by atoms with E-state index in [-0.39, 0.29) is 12.0 Å². The summed E-state index contributed by atoms with van der Waals surface area (Å²) in [5, 5.41) is 3.36. The number of ether oxygens (including phenoxy) is 1. The fraction of sp³-hybridized carbons (Fsp3) is 0.938. The highest BCUT2D eigenvalue weighted by Gasteiger charge is 2.34. The van der Waals surface area contributed by atoms with E-state index in [0.29, 0.717) is 0 Å². The zero-order valence-corrected chi connectivity index (χ0v) is 14.4. The molecule has 1 atom stereocenters. The number of nitrogens with zero attached hydrogens (tertiary/aromatic N) is 2. The summed E-state index contributed by atoms with van der Waals surface area (Å²) < 4.78 is 4.97. The maximum atomic E-state index is 12.0. The Bertz CT molecular complexity index is 323. The lowest BCUT2D eigenvalue weighted by Gasteiger charge is -2.31.